The number of hydrogen-bond acceptors (Lipinski definition) is 3. The van der Waals surface area contributed by atoms with E-state index in [-0.39, 0.29) is 6.04 Å². The van der Waals surface area contributed by atoms with Crippen LogP contribution in [0.15, 0.2) is 15.9 Å². The van der Waals surface area contributed by atoms with Crippen LogP contribution in [0.1, 0.15) is 35.4 Å². The number of carbonyl (C=O) groups excluding carboxylic acids is 2. The van der Waals surface area contributed by atoms with E-state index in [2.05, 4.69) is 21.2 Å². The van der Waals surface area contributed by atoms with Crippen LogP contribution < -0.4 is 5.32 Å². The second-order valence-electron chi connectivity index (χ2n) is 3.89. The van der Waals surface area contributed by atoms with Crippen molar-refractivity contribution in [3.05, 3.63) is 20.8 Å². The van der Waals surface area contributed by atoms with Crippen molar-refractivity contribution >= 4 is 39.0 Å². The minimum atomic E-state index is -0.471. The van der Waals surface area contributed by atoms with Crippen LogP contribution in [0.4, 0.5) is 0 Å². The van der Waals surface area contributed by atoms with Crippen LogP contribution in [0.25, 0.3) is 0 Å². The van der Waals surface area contributed by atoms with Crippen molar-refractivity contribution in [2.45, 2.75) is 31.7 Å². The van der Waals surface area contributed by atoms with Gasteiger partial charge in [-0.1, -0.05) is 12.8 Å². The lowest BCUT2D eigenvalue weighted by molar-refractivity contribution is -0.117. The number of halogens is 1. The normalized spacial score (nSPS) is 16.3. The summed E-state index contributed by atoms with van der Waals surface area (Å²) in [5.74, 6) is -0.899. The maximum Gasteiger partial charge on any atom is 0.293 e. The molecule has 1 amide bonds. The lowest BCUT2D eigenvalue weighted by atomic mass is 10.2. The molecule has 2 rings (SSSR count). The van der Waals surface area contributed by atoms with E-state index in [9.17, 15) is 9.59 Å². The molecule has 1 heterocycles. The Bertz CT molecular complexity index is 410. The molecule has 1 aromatic heterocycles. The molecular weight excluding hydrogens is 290 g/mol. The van der Waals surface area contributed by atoms with Gasteiger partial charge in [0.15, 0.2) is 0 Å². The highest BCUT2D eigenvalue weighted by atomic mass is 79.9. The molecule has 1 saturated carbocycles. The Morgan fingerprint density at radius 3 is 2.56 bits per heavy atom. The third-order valence-electron chi connectivity index (χ3n) is 2.69. The molecule has 3 nitrogen and oxygen atoms in total. The van der Waals surface area contributed by atoms with Crippen molar-refractivity contribution in [1.29, 1.82) is 0 Å². The van der Waals surface area contributed by atoms with Gasteiger partial charge < -0.3 is 5.32 Å². The average Bonchev–Trinajstić information content (AvgIpc) is 2.88. The van der Waals surface area contributed by atoms with Gasteiger partial charge >= 0.3 is 0 Å². The highest BCUT2D eigenvalue weighted by molar-refractivity contribution is 9.11. The van der Waals surface area contributed by atoms with Crippen molar-refractivity contribution in [2.75, 3.05) is 0 Å². The zero-order valence-corrected chi connectivity index (χ0v) is 11.1. The monoisotopic (exact) mass is 301 g/mol. The Kier molecular flexibility index (Phi) is 3.76. The van der Waals surface area contributed by atoms with Crippen molar-refractivity contribution in [2.24, 2.45) is 0 Å². The summed E-state index contributed by atoms with van der Waals surface area (Å²) in [5, 5.41) is 2.79. The molecule has 0 radical (unpaired) electrons. The first-order valence-corrected chi connectivity index (χ1v) is 6.88. The van der Waals surface area contributed by atoms with Gasteiger partial charge in [-0.25, -0.2) is 0 Å². The molecule has 0 aromatic carbocycles. The fourth-order valence-corrected chi connectivity index (χ4v) is 3.19. The molecule has 5 heteroatoms. The van der Waals surface area contributed by atoms with E-state index >= 15 is 0 Å². The summed E-state index contributed by atoms with van der Waals surface area (Å²) in [5.41, 5.74) is 0. The topological polar surface area (TPSA) is 46.2 Å². The smallest absolute Gasteiger partial charge is 0.293 e. The lowest BCUT2D eigenvalue weighted by Gasteiger charge is -2.09. The molecule has 1 aliphatic carbocycles. The molecule has 16 heavy (non-hydrogen) atoms. The van der Waals surface area contributed by atoms with Gasteiger partial charge in [0, 0.05) is 6.04 Å². The summed E-state index contributed by atoms with van der Waals surface area (Å²) < 4.78 is 0.865. The standard InChI is InChI=1S/C11H12BrNO2S/c12-9-6-5-8(16-9)10(14)11(15)13-7-3-1-2-4-7/h5-7H,1-4H2,(H,13,15). The number of nitrogens with one attached hydrogen (secondary N) is 1. The van der Waals surface area contributed by atoms with Crippen LogP contribution >= 0.6 is 27.3 Å². The predicted molar refractivity (Wildman–Crippen MR) is 66.7 cm³/mol. The lowest BCUT2D eigenvalue weighted by Crippen LogP contribution is -2.37. The van der Waals surface area contributed by atoms with E-state index in [4.69, 9.17) is 0 Å². The summed E-state index contributed by atoms with van der Waals surface area (Å²) in [4.78, 5) is 23.9. The summed E-state index contributed by atoms with van der Waals surface area (Å²) in [6.45, 7) is 0. The van der Waals surface area contributed by atoms with Crippen LogP contribution in [-0.2, 0) is 4.79 Å². The molecule has 0 saturated heterocycles. The fourth-order valence-electron chi connectivity index (χ4n) is 1.87. The van der Waals surface area contributed by atoms with Gasteiger partial charge in [0.25, 0.3) is 11.7 Å². The van der Waals surface area contributed by atoms with E-state index < -0.39 is 11.7 Å². The third-order valence-corrected chi connectivity index (χ3v) is 4.32. The minimum Gasteiger partial charge on any atom is -0.346 e. The van der Waals surface area contributed by atoms with E-state index in [0.717, 1.165) is 29.5 Å². The number of rotatable bonds is 3. The van der Waals surface area contributed by atoms with Crippen molar-refractivity contribution in [1.82, 2.24) is 5.32 Å². The van der Waals surface area contributed by atoms with Crippen LogP contribution in [0, 0.1) is 0 Å². The SMILES string of the molecule is O=C(NC1CCCC1)C(=O)c1ccc(Br)s1. The first-order chi connectivity index (χ1) is 7.66. The van der Waals surface area contributed by atoms with Crippen molar-refractivity contribution in [3.63, 3.8) is 0 Å². The summed E-state index contributed by atoms with van der Waals surface area (Å²) in [6.07, 6.45) is 4.27. The zero-order chi connectivity index (χ0) is 11.5. The van der Waals surface area contributed by atoms with E-state index in [1.54, 1.807) is 12.1 Å². The molecule has 0 spiro atoms. The number of Topliss-reactive ketones (excluding diaryl/α,β-unsaturated/α-hetero) is 1. The summed E-state index contributed by atoms with van der Waals surface area (Å²) in [7, 11) is 0. The fraction of sp³-hybridized carbons (Fsp3) is 0.455. The molecule has 0 bridgehead atoms. The number of hydrogen-bond donors (Lipinski definition) is 1. The van der Waals surface area contributed by atoms with Gasteiger partial charge in [-0.3, -0.25) is 9.59 Å². The largest absolute Gasteiger partial charge is 0.346 e. The molecular formula is C11H12BrNO2S. The van der Waals surface area contributed by atoms with Gasteiger partial charge in [0.05, 0.1) is 8.66 Å². The molecule has 1 aromatic rings. The average molecular weight is 302 g/mol. The summed E-state index contributed by atoms with van der Waals surface area (Å²) in [6, 6.07) is 3.64. The van der Waals surface area contributed by atoms with Gasteiger partial charge in [0.1, 0.15) is 0 Å². The van der Waals surface area contributed by atoms with E-state index in [0.29, 0.717) is 4.88 Å². The Labute approximate surface area is 106 Å². The zero-order valence-electron chi connectivity index (χ0n) is 8.66. The predicted octanol–water partition coefficient (Wildman–Crippen LogP) is 2.75. The Balaban J connectivity index is 1.96. The molecule has 1 N–H and O–H groups in total. The number of thiophene rings is 1. The van der Waals surface area contributed by atoms with Gasteiger partial charge in [-0.15, -0.1) is 11.3 Å². The third kappa shape index (κ3) is 2.71. The maximum absolute atomic E-state index is 11.7. The second-order valence-corrected chi connectivity index (χ2v) is 6.35. The quantitative estimate of drug-likeness (QED) is 0.689. The Hall–Kier alpha value is -0.680. The van der Waals surface area contributed by atoms with E-state index in [1.165, 1.54) is 11.3 Å². The van der Waals surface area contributed by atoms with Gasteiger partial charge in [-0.2, -0.15) is 0 Å². The Morgan fingerprint density at radius 2 is 2.00 bits per heavy atom. The first kappa shape index (κ1) is 11.8. The highest BCUT2D eigenvalue weighted by Gasteiger charge is 2.23. The van der Waals surface area contributed by atoms with E-state index in [1.807, 2.05) is 0 Å². The molecule has 0 atom stereocenters. The second kappa shape index (κ2) is 5.10. The van der Waals surface area contributed by atoms with Gasteiger partial charge in [0.2, 0.25) is 0 Å². The summed E-state index contributed by atoms with van der Waals surface area (Å²) >= 11 is 4.56. The number of amides is 1. The van der Waals surface area contributed by atoms with Crippen LogP contribution in [-0.4, -0.2) is 17.7 Å². The minimum absolute atomic E-state index is 0.194. The Morgan fingerprint density at radius 1 is 1.31 bits per heavy atom. The van der Waals surface area contributed by atoms with Crippen LogP contribution in [0.3, 0.4) is 0 Å². The maximum atomic E-state index is 11.7. The molecule has 0 unspecified atom stereocenters. The molecule has 0 aliphatic heterocycles. The molecule has 86 valence electrons. The van der Waals surface area contributed by atoms with Crippen LogP contribution in [0.5, 0.6) is 0 Å². The van der Waals surface area contributed by atoms with Crippen LogP contribution in [0.2, 0.25) is 0 Å². The first-order valence-electron chi connectivity index (χ1n) is 5.27. The highest BCUT2D eigenvalue weighted by Crippen LogP contribution is 2.23. The van der Waals surface area contributed by atoms with Gasteiger partial charge in [-0.05, 0) is 40.9 Å². The molecule has 1 aliphatic rings. The number of carbonyl (C=O) groups is 2. The van der Waals surface area contributed by atoms with Crippen molar-refractivity contribution < 1.29 is 9.59 Å². The number of ketones is 1. The van der Waals surface area contributed by atoms with Crippen molar-refractivity contribution in [3.8, 4) is 0 Å². The molecule has 1 fully saturated rings.